The number of ether oxygens (including phenoxy) is 1. The van der Waals surface area contributed by atoms with Gasteiger partial charge in [-0.1, -0.05) is 48.0 Å². The number of hydrogen-bond donors (Lipinski definition) is 1. The highest BCUT2D eigenvalue weighted by Gasteiger charge is 2.21. The van der Waals surface area contributed by atoms with E-state index in [0.717, 1.165) is 31.8 Å². The van der Waals surface area contributed by atoms with Crippen LogP contribution in [0.25, 0.3) is 0 Å². The monoisotopic (exact) mass is 324 g/mol. The molecule has 4 heteroatoms. The van der Waals surface area contributed by atoms with Crippen LogP contribution in [0, 0.1) is 6.92 Å². The molecule has 0 bridgehead atoms. The van der Waals surface area contributed by atoms with Crippen LogP contribution in [0.1, 0.15) is 27.6 Å². The van der Waals surface area contributed by atoms with Crippen LogP contribution in [0.4, 0.5) is 0 Å². The van der Waals surface area contributed by atoms with Crippen LogP contribution in [0.2, 0.25) is 0 Å². The zero-order valence-electron chi connectivity index (χ0n) is 14.1. The van der Waals surface area contributed by atoms with Gasteiger partial charge in [0.15, 0.2) is 0 Å². The Morgan fingerprint density at radius 2 is 1.92 bits per heavy atom. The van der Waals surface area contributed by atoms with Gasteiger partial charge in [0.25, 0.3) is 5.91 Å². The van der Waals surface area contributed by atoms with Crippen molar-refractivity contribution in [2.45, 2.75) is 13.0 Å². The summed E-state index contributed by atoms with van der Waals surface area (Å²) in [7, 11) is 0. The van der Waals surface area contributed by atoms with Gasteiger partial charge in [-0.25, -0.2) is 0 Å². The fraction of sp³-hybridized carbons (Fsp3) is 0.350. The fourth-order valence-electron chi connectivity index (χ4n) is 2.91. The Balaban J connectivity index is 1.46. The summed E-state index contributed by atoms with van der Waals surface area (Å²) in [4.78, 5) is 14.5. The zero-order chi connectivity index (χ0) is 16.8. The number of carbonyl (C=O) groups is 1. The van der Waals surface area contributed by atoms with Crippen molar-refractivity contribution < 1.29 is 9.53 Å². The average Bonchev–Trinajstić information content (AvgIpc) is 2.63. The lowest BCUT2D eigenvalue weighted by Gasteiger charge is -2.33. The van der Waals surface area contributed by atoms with E-state index in [2.05, 4.69) is 22.3 Å². The number of amides is 1. The van der Waals surface area contributed by atoms with E-state index in [9.17, 15) is 4.79 Å². The van der Waals surface area contributed by atoms with Crippen LogP contribution in [-0.2, 0) is 4.74 Å². The highest BCUT2D eigenvalue weighted by Crippen LogP contribution is 2.21. The van der Waals surface area contributed by atoms with Gasteiger partial charge >= 0.3 is 0 Å². The molecule has 2 aromatic carbocycles. The van der Waals surface area contributed by atoms with Gasteiger partial charge in [-0.2, -0.15) is 0 Å². The maximum atomic E-state index is 12.1. The van der Waals surface area contributed by atoms with Gasteiger partial charge in [0.05, 0.1) is 12.7 Å². The fourth-order valence-corrected chi connectivity index (χ4v) is 2.91. The molecule has 3 rings (SSSR count). The second-order valence-corrected chi connectivity index (χ2v) is 6.19. The highest BCUT2D eigenvalue weighted by atomic mass is 16.5. The molecule has 1 fully saturated rings. The molecule has 126 valence electrons. The number of morpholine rings is 1. The molecule has 1 heterocycles. The molecule has 1 aliphatic heterocycles. The third kappa shape index (κ3) is 4.43. The van der Waals surface area contributed by atoms with Crippen LogP contribution in [0.15, 0.2) is 54.6 Å². The number of hydrogen-bond acceptors (Lipinski definition) is 3. The molecule has 1 amide bonds. The number of nitrogens with one attached hydrogen (secondary N) is 1. The molecule has 2 aromatic rings. The van der Waals surface area contributed by atoms with E-state index in [1.165, 1.54) is 5.56 Å². The second-order valence-electron chi connectivity index (χ2n) is 6.19. The maximum absolute atomic E-state index is 12.1. The van der Waals surface area contributed by atoms with Crippen molar-refractivity contribution in [1.82, 2.24) is 10.2 Å². The van der Waals surface area contributed by atoms with E-state index in [1.807, 2.05) is 49.4 Å². The van der Waals surface area contributed by atoms with Crippen molar-refractivity contribution in [2.24, 2.45) is 0 Å². The Morgan fingerprint density at radius 1 is 1.17 bits per heavy atom. The summed E-state index contributed by atoms with van der Waals surface area (Å²) < 4.78 is 5.87. The molecule has 0 saturated carbocycles. The van der Waals surface area contributed by atoms with Crippen LogP contribution >= 0.6 is 0 Å². The van der Waals surface area contributed by atoms with Crippen molar-refractivity contribution in [1.29, 1.82) is 0 Å². The summed E-state index contributed by atoms with van der Waals surface area (Å²) in [6.45, 7) is 6.00. The van der Waals surface area contributed by atoms with Crippen molar-refractivity contribution in [3.63, 3.8) is 0 Å². The van der Waals surface area contributed by atoms with Crippen molar-refractivity contribution >= 4 is 5.91 Å². The molecular weight excluding hydrogens is 300 g/mol. The molecule has 0 spiro atoms. The van der Waals surface area contributed by atoms with E-state index in [0.29, 0.717) is 12.1 Å². The van der Waals surface area contributed by atoms with Gasteiger partial charge in [-0.15, -0.1) is 0 Å². The van der Waals surface area contributed by atoms with Gasteiger partial charge in [0.1, 0.15) is 0 Å². The average molecular weight is 324 g/mol. The van der Waals surface area contributed by atoms with Gasteiger partial charge in [0.2, 0.25) is 0 Å². The first kappa shape index (κ1) is 16.7. The first-order valence-corrected chi connectivity index (χ1v) is 8.46. The lowest BCUT2D eigenvalue weighted by Crippen LogP contribution is -2.42. The predicted octanol–water partition coefficient (Wildman–Crippen LogP) is 2.80. The quantitative estimate of drug-likeness (QED) is 0.919. The lowest BCUT2D eigenvalue weighted by molar-refractivity contribution is -0.0293. The molecule has 24 heavy (non-hydrogen) atoms. The van der Waals surface area contributed by atoms with Crippen LogP contribution < -0.4 is 5.32 Å². The highest BCUT2D eigenvalue weighted by molar-refractivity contribution is 5.94. The van der Waals surface area contributed by atoms with Crippen LogP contribution in [0.3, 0.4) is 0 Å². The Kier molecular flexibility index (Phi) is 5.62. The molecule has 0 radical (unpaired) electrons. The van der Waals surface area contributed by atoms with Crippen molar-refractivity contribution in [3.05, 3.63) is 71.3 Å². The number of rotatable bonds is 5. The summed E-state index contributed by atoms with van der Waals surface area (Å²) in [5.41, 5.74) is 3.09. The topological polar surface area (TPSA) is 41.6 Å². The normalized spacial score (nSPS) is 18.3. The Labute approximate surface area is 143 Å². The number of carbonyl (C=O) groups excluding carboxylic acids is 1. The SMILES string of the molecule is Cc1ccc(C(=O)NCCN2CCOC(c3ccccc3)C2)cc1. The Morgan fingerprint density at radius 3 is 2.67 bits per heavy atom. The minimum atomic E-state index is -0.0112. The summed E-state index contributed by atoms with van der Waals surface area (Å²) in [6.07, 6.45) is 0.118. The minimum Gasteiger partial charge on any atom is -0.371 e. The van der Waals surface area contributed by atoms with E-state index in [4.69, 9.17) is 4.74 Å². The number of aryl methyl sites for hydroxylation is 1. The standard InChI is InChI=1S/C20H24N2O2/c1-16-7-9-18(10-8-16)20(23)21-11-12-22-13-14-24-19(15-22)17-5-3-2-4-6-17/h2-10,19H,11-15H2,1H3,(H,21,23). The van der Waals surface area contributed by atoms with E-state index < -0.39 is 0 Å². The maximum Gasteiger partial charge on any atom is 0.251 e. The smallest absolute Gasteiger partial charge is 0.251 e. The van der Waals surface area contributed by atoms with Crippen LogP contribution in [-0.4, -0.2) is 43.6 Å². The second kappa shape index (κ2) is 8.08. The summed E-state index contributed by atoms with van der Waals surface area (Å²) >= 11 is 0. The number of nitrogens with zero attached hydrogens (tertiary/aromatic N) is 1. The molecular formula is C20H24N2O2. The Hall–Kier alpha value is -2.17. The molecule has 1 unspecified atom stereocenters. The van der Waals surface area contributed by atoms with Crippen molar-refractivity contribution in [2.75, 3.05) is 32.8 Å². The minimum absolute atomic E-state index is 0.0112. The van der Waals surface area contributed by atoms with Gasteiger partial charge < -0.3 is 10.1 Å². The molecule has 1 saturated heterocycles. The third-order valence-corrected chi connectivity index (χ3v) is 4.35. The molecule has 4 nitrogen and oxygen atoms in total. The molecule has 1 N–H and O–H groups in total. The Bertz CT molecular complexity index is 655. The molecule has 1 atom stereocenters. The van der Waals surface area contributed by atoms with Gasteiger partial charge in [-0.05, 0) is 24.6 Å². The predicted molar refractivity (Wildman–Crippen MR) is 95.1 cm³/mol. The van der Waals surface area contributed by atoms with Gasteiger partial charge in [-0.3, -0.25) is 9.69 Å². The molecule has 0 aromatic heterocycles. The molecule has 0 aliphatic carbocycles. The lowest BCUT2D eigenvalue weighted by atomic mass is 10.1. The van der Waals surface area contributed by atoms with E-state index in [-0.39, 0.29) is 12.0 Å². The number of benzene rings is 2. The van der Waals surface area contributed by atoms with E-state index >= 15 is 0 Å². The van der Waals surface area contributed by atoms with Crippen molar-refractivity contribution in [3.8, 4) is 0 Å². The first-order valence-electron chi connectivity index (χ1n) is 8.46. The van der Waals surface area contributed by atoms with Crippen LogP contribution in [0.5, 0.6) is 0 Å². The summed E-state index contributed by atoms with van der Waals surface area (Å²) in [6, 6.07) is 18.0. The molecule has 1 aliphatic rings. The summed E-state index contributed by atoms with van der Waals surface area (Å²) in [5, 5.41) is 3.00. The largest absolute Gasteiger partial charge is 0.371 e. The van der Waals surface area contributed by atoms with E-state index in [1.54, 1.807) is 0 Å². The third-order valence-electron chi connectivity index (χ3n) is 4.35. The van der Waals surface area contributed by atoms with Gasteiger partial charge in [0, 0.05) is 31.7 Å². The zero-order valence-corrected chi connectivity index (χ0v) is 14.1. The summed E-state index contributed by atoms with van der Waals surface area (Å²) in [5.74, 6) is -0.0112. The first-order chi connectivity index (χ1) is 11.7.